The number of hydrogen-bond acceptors (Lipinski definition) is 1. The predicted molar refractivity (Wildman–Crippen MR) is 133 cm³/mol. The molecule has 0 amide bonds. The van der Waals surface area contributed by atoms with Gasteiger partial charge < -0.3 is 9.59 Å². The Bertz CT molecular complexity index is 485. The molecule has 174 valence electrons. The van der Waals surface area contributed by atoms with Crippen LogP contribution >= 0.6 is 0 Å². The molecule has 1 aromatic carbocycles. The van der Waals surface area contributed by atoms with E-state index in [4.69, 9.17) is 0 Å². The second kappa shape index (κ2) is 17.8. The van der Waals surface area contributed by atoms with Crippen LogP contribution in [0.25, 0.3) is 0 Å². The third kappa shape index (κ3) is 12.7. The van der Waals surface area contributed by atoms with Crippen molar-refractivity contribution in [3.8, 4) is 0 Å². The van der Waals surface area contributed by atoms with Gasteiger partial charge in [0, 0.05) is 25.0 Å². The molecule has 0 aliphatic rings. The highest BCUT2D eigenvalue weighted by atomic mass is 16.3. The first-order valence-corrected chi connectivity index (χ1v) is 13.1. The number of aliphatic hydroxyl groups is 1. The van der Waals surface area contributed by atoms with Crippen LogP contribution in [0.5, 0.6) is 0 Å². The van der Waals surface area contributed by atoms with Crippen LogP contribution in [0.1, 0.15) is 121 Å². The normalized spacial score (nSPS) is 12.9. The molecule has 0 aliphatic carbocycles. The maximum absolute atomic E-state index is 9.28. The van der Waals surface area contributed by atoms with Crippen molar-refractivity contribution < 1.29 is 9.59 Å². The fourth-order valence-electron chi connectivity index (χ4n) is 4.76. The van der Waals surface area contributed by atoms with Gasteiger partial charge in [0.2, 0.25) is 0 Å². The Kier molecular flexibility index (Phi) is 16.1. The minimum Gasteiger partial charge on any atom is -0.396 e. The lowest BCUT2D eigenvalue weighted by molar-refractivity contribution is -0.921. The summed E-state index contributed by atoms with van der Waals surface area (Å²) >= 11 is 0. The third-order valence-corrected chi connectivity index (χ3v) is 6.75. The van der Waals surface area contributed by atoms with Crippen LogP contribution < -0.4 is 0 Å². The molecule has 0 saturated heterocycles. The first kappa shape index (κ1) is 27.2. The smallest absolute Gasteiger partial charge is 0.114 e. The summed E-state index contributed by atoms with van der Waals surface area (Å²) in [6.45, 7) is 3.62. The predicted octanol–water partition coefficient (Wildman–Crippen LogP) is 8.06. The average Bonchev–Trinajstić information content (AvgIpc) is 2.75. The Labute approximate surface area is 188 Å². The van der Waals surface area contributed by atoms with E-state index in [9.17, 15) is 5.11 Å². The number of unbranched alkanes of at least 4 members (excludes halogenated alkanes) is 13. The summed E-state index contributed by atoms with van der Waals surface area (Å²) in [6, 6.07) is 11.6. The Morgan fingerprint density at radius 1 is 0.667 bits per heavy atom. The van der Waals surface area contributed by atoms with Crippen molar-refractivity contribution in [3.05, 3.63) is 35.9 Å². The molecule has 1 rings (SSSR count). The Hall–Kier alpha value is -0.860. The molecule has 2 nitrogen and oxygen atoms in total. The number of nitrogens with zero attached hydrogens (tertiary/aromatic N) is 1. The Balaban J connectivity index is 2.15. The van der Waals surface area contributed by atoms with E-state index in [2.05, 4.69) is 51.4 Å². The monoisotopic (exact) mass is 418 g/mol. The number of aliphatic hydroxyl groups excluding tert-OH is 1. The van der Waals surface area contributed by atoms with Gasteiger partial charge in [-0.1, -0.05) is 121 Å². The van der Waals surface area contributed by atoms with Gasteiger partial charge >= 0.3 is 0 Å². The lowest BCUT2D eigenvalue weighted by Crippen LogP contribution is -2.44. The largest absolute Gasteiger partial charge is 0.396 e. The summed E-state index contributed by atoms with van der Waals surface area (Å²) in [5, 5.41) is 9.28. The molecular weight excluding hydrogens is 366 g/mol. The SMILES string of the molecule is CCCCCCCCCCCCCCCCC(c1ccccc1)[N+](C)(C)CCCO. The van der Waals surface area contributed by atoms with Crippen molar-refractivity contribution in [1.82, 2.24) is 0 Å². The van der Waals surface area contributed by atoms with Crippen LogP contribution in [0.2, 0.25) is 0 Å². The van der Waals surface area contributed by atoms with Crippen molar-refractivity contribution in [2.45, 2.75) is 116 Å². The van der Waals surface area contributed by atoms with Gasteiger partial charge in [-0.15, -0.1) is 0 Å². The molecular formula is C28H52NO+. The molecule has 0 saturated carbocycles. The summed E-state index contributed by atoms with van der Waals surface area (Å²) in [6.07, 6.45) is 22.0. The van der Waals surface area contributed by atoms with E-state index in [-0.39, 0.29) is 0 Å². The van der Waals surface area contributed by atoms with Gasteiger partial charge in [-0.3, -0.25) is 0 Å². The fraction of sp³-hybridized carbons (Fsp3) is 0.786. The van der Waals surface area contributed by atoms with Gasteiger partial charge in [0.05, 0.1) is 20.6 Å². The highest BCUT2D eigenvalue weighted by Crippen LogP contribution is 2.31. The highest BCUT2D eigenvalue weighted by molar-refractivity contribution is 5.17. The summed E-state index contributed by atoms with van der Waals surface area (Å²) in [4.78, 5) is 0. The van der Waals surface area contributed by atoms with E-state index >= 15 is 0 Å². The maximum atomic E-state index is 9.28. The molecule has 0 aromatic heterocycles. The van der Waals surface area contributed by atoms with Crippen molar-refractivity contribution in [3.63, 3.8) is 0 Å². The molecule has 30 heavy (non-hydrogen) atoms. The number of benzene rings is 1. The average molecular weight is 419 g/mol. The summed E-state index contributed by atoms with van der Waals surface area (Å²) < 4.78 is 0.975. The molecule has 0 spiro atoms. The van der Waals surface area contributed by atoms with Gasteiger partial charge in [-0.2, -0.15) is 0 Å². The Morgan fingerprint density at radius 3 is 1.60 bits per heavy atom. The lowest BCUT2D eigenvalue weighted by Gasteiger charge is -2.38. The molecule has 0 fully saturated rings. The zero-order chi connectivity index (χ0) is 21.9. The minimum absolute atomic E-state index is 0.294. The zero-order valence-electron chi connectivity index (χ0n) is 20.6. The van der Waals surface area contributed by atoms with E-state index in [1.54, 1.807) is 0 Å². The highest BCUT2D eigenvalue weighted by Gasteiger charge is 2.28. The summed E-state index contributed by atoms with van der Waals surface area (Å²) in [5.41, 5.74) is 1.45. The number of rotatable bonds is 20. The van der Waals surface area contributed by atoms with Crippen molar-refractivity contribution >= 4 is 0 Å². The van der Waals surface area contributed by atoms with E-state index in [0.717, 1.165) is 17.4 Å². The van der Waals surface area contributed by atoms with E-state index in [0.29, 0.717) is 12.6 Å². The molecule has 2 heteroatoms. The zero-order valence-corrected chi connectivity index (χ0v) is 20.6. The van der Waals surface area contributed by atoms with E-state index in [1.807, 2.05) is 0 Å². The number of hydrogen-bond donors (Lipinski definition) is 1. The Morgan fingerprint density at radius 2 is 1.13 bits per heavy atom. The molecule has 0 radical (unpaired) electrons. The van der Waals surface area contributed by atoms with Gasteiger partial charge in [-0.05, 0) is 6.42 Å². The summed E-state index contributed by atoms with van der Waals surface area (Å²) in [5.74, 6) is 0. The molecule has 1 atom stereocenters. The van der Waals surface area contributed by atoms with Crippen molar-refractivity contribution in [2.75, 3.05) is 27.2 Å². The molecule has 0 bridgehead atoms. The fourth-order valence-corrected chi connectivity index (χ4v) is 4.76. The third-order valence-electron chi connectivity index (χ3n) is 6.75. The van der Waals surface area contributed by atoms with Gasteiger partial charge in [0.1, 0.15) is 6.04 Å². The quantitative estimate of drug-likeness (QED) is 0.168. The second-order valence-corrected chi connectivity index (χ2v) is 9.89. The lowest BCUT2D eigenvalue weighted by atomic mass is 9.96. The standard InChI is InChI=1S/C28H52NO/c1-4-5-6-7-8-9-10-11-12-13-14-15-16-20-24-28(27-22-18-17-19-23-27)29(2,3)25-21-26-30/h17-19,22-23,28,30H,4-16,20-21,24-26H2,1-3H3/q+1. The second-order valence-electron chi connectivity index (χ2n) is 9.89. The molecule has 1 N–H and O–H groups in total. The van der Waals surface area contributed by atoms with Gasteiger partial charge in [-0.25, -0.2) is 0 Å². The molecule has 0 aliphatic heterocycles. The van der Waals surface area contributed by atoms with Crippen molar-refractivity contribution in [1.29, 1.82) is 0 Å². The van der Waals surface area contributed by atoms with Crippen LogP contribution in [0, 0.1) is 0 Å². The molecule has 1 unspecified atom stereocenters. The topological polar surface area (TPSA) is 20.2 Å². The van der Waals surface area contributed by atoms with Gasteiger partial charge in [0.25, 0.3) is 0 Å². The molecule has 0 heterocycles. The van der Waals surface area contributed by atoms with E-state index in [1.165, 1.54) is 102 Å². The van der Waals surface area contributed by atoms with Crippen molar-refractivity contribution in [2.24, 2.45) is 0 Å². The van der Waals surface area contributed by atoms with E-state index < -0.39 is 0 Å². The number of quaternary nitrogens is 1. The summed E-state index contributed by atoms with van der Waals surface area (Å²) in [7, 11) is 4.66. The minimum atomic E-state index is 0.294. The first-order valence-electron chi connectivity index (χ1n) is 13.1. The van der Waals surface area contributed by atoms with Crippen LogP contribution in [0.15, 0.2) is 30.3 Å². The van der Waals surface area contributed by atoms with Crippen LogP contribution in [-0.4, -0.2) is 36.8 Å². The van der Waals surface area contributed by atoms with Gasteiger partial charge in [0.15, 0.2) is 0 Å². The van der Waals surface area contributed by atoms with Crippen LogP contribution in [-0.2, 0) is 0 Å². The first-order chi connectivity index (χ1) is 14.6. The molecule has 1 aromatic rings. The van der Waals surface area contributed by atoms with Crippen LogP contribution in [0.4, 0.5) is 0 Å². The van der Waals surface area contributed by atoms with Crippen LogP contribution in [0.3, 0.4) is 0 Å². The maximum Gasteiger partial charge on any atom is 0.114 e.